The summed E-state index contributed by atoms with van der Waals surface area (Å²) < 4.78 is 12.4. The maximum Gasteiger partial charge on any atom is 0.279 e. The van der Waals surface area contributed by atoms with Gasteiger partial charge in [0, 0.05) is 18.3 Å². The molecule has 0 bridgehead atoms. The first-order valence-electron chi connectivity index (χ1n) is 5.96. The number of imidazole rings is 1. The molecule has 0 N–H and O–H groups in total. The SMILES string of the molecule is CC(C)c1nc(-c2nc(Cn3ccnc3)no2)co1. The Morgan fingerprint density at radius 1 is 1.32 bits per heavy atom. The van der Waals surface area contributed by atoms with Crippen molar-refractivity contribution < 1.29 is 8.94 Å². The van der Waals surface area contributed by atoms with Crippen LogP contribution in [-0.4, -0.2) is 24.7 Å². The topological polar surface area (TPSA) is 82.8 Å². The second-order valence-electron chi connectivity index (χ2n) is 4.48. The first-order chi connectivity index (χ1) is 9.22. The molecule has 0 aliphatic heterocycles. The molecule has 7 heteroatoms. The van der Waals surface area contributed by atoms with Crippen molar-refractivity contribution in [2.24, 2.45) is 0 Å². The summed E-state index contributed by atoms with van der Waals surface area (Å²) in [6.45, 7) is 4.53. The molecule has 0 amide bonds. The largest absolute Gasteiger partial charge is 0.448 e. The summed E-state index contributed by atoms with van der Waals surface area (Å²) in [6, 6.07) is 0. The molecule has 0 aliphatic carbocycles. The van der Waals surface area contributed by atoms with E-state index in [-0.39, 0.29) is 5.92 Å². The molecule has 3 heterocycles. The van der Waals surface area contributed by atoms with Crippen LogP contribution >= 0.6 is 0 Å². The number of aromatic nitrogens is 5. The second kappa shape index (κ2) is 4.68. The molecule has 0 atom stereocenters. The second-order valence-corrected chi connectivity index (χ2v) is 4.48. The molecule has 7 nitrogen and oxygen atoms in total. The van der Waals surface area contributed by atoms with Crippen LogP contribution in [0.25, 0.3) is 11.6 Å². The first-order valence-corrected chi connectivity index (χ1v) is 5.96. The fourth-order valence-electron chi connectivity index (χ4n) is 1.62. The molecule has 0 aromatic carbocycles. The molecule has 3 aromatic rings. The van der Waals surface area contributed by atoms with Gasteiger partial charge in [0.15, 0.2) is 17.4 Å². The van der Waals surface area contributed by atoms with Crippen molar-refractivity contribution in [3.8, 4) is 11.6 Å². The summed E-state index contributed by atoms with van der Waals surface area (Å²) in [4.78, 5) is 12.5. The molecule has 0 saturated heterocycles. The molecule has 0 fully saturated rings. The average molecular weight is 259 g/mol. The molecule has 0 aliphatic rings. The number of nitrogens with zero attached hydrogens (tertiary/aromatic N) is 5. The number of hydrogen-bond donors (Lipinski definition) is 0. The first kappa shape index (κ1) is 11.6. The van der Waals surface area contributed by atoms with Crippen LogP contribution in [0, 0.1) is 0 Å². The molecule has 19 heavy (non-hydrogen) atoms. The van der Waals surface area contributed by atoms with Gasteiger partial charge in [0.05, 0.1) is 12.9 Å². The molecule has 0 unspecified atom stereocenters. The Hall–Kier alpha value is -2.44. The monoisotopic (exact) mass is 259 g/mol. The zero-order valence-corrected chi connectivity index (χ0v) is 10.6. The highest BCUT2D eigenvalue weighted by Crippen LogP contribution is 2.20. The normalized spacial score (nSPS) is 11.3. The Kier molecular flexibility index (Phi) is 2.86. The van der Waals surface area contributed by atoms with Crippen LogP contribution in [0.3, 0.4) is 0 Å². The van der Waals surface area contributed by atoms with Gasteiger partial charge in [-0.3, -0.25) is 0 Å². The van der Waals surface area contributed by atoms with Crippen LogP contribution in [0.15, 0.2) is 33.9 Å². The van der Waals surface area contributed by atoms with Gasteiger partial charge in [0.2, 0.25) is 0 Å². The minimum atomic E-state index is 0.224. The van der Waals surface area contributed by atoms with E-state index in [9.17, 15) is 0 Å². The molecule has 98 valence electrons. The standard InChI is InChI=1S/C12H13N5O2/c1-8(2)11-14-9(6-18-11)12-15-10(16-19-12)5-17-4-3-13-7-17/h3-4,6-8H,5H2,1-2H3. The van der Waals surface area contributed by atoms with Gasteiger partial charge < -0.3 is 13.5 Å². The summed E-state index contributed by atoms with van der Waals surface area (Å²) in [6.07, 6.45) is 6.77. The van der Waals surface area contributed by atoms with Gasteiger partial charge in [-0.2, -0.15) is 4.98 Å². The quantitative estimate of drug-likeness (QED) is 0.713. The fraction of sp³-hybridized carbons (Fsp3) is 0.333. The highest BCUT2D eigenvalue weighted by atomic mass is 16.5. The molecule has 3 rings (SSSR count). The summed E-state index contributed by atoms with van der Waals surface area (Å²) in [5.74, 6) is 1.82. The van der Waals surface area contributed by atoms with Gasteiger partial charge in [0.25, 0.3) is 5.89 Å². The van der Waals surface area contributed by atoms with Crippen LogP contribution in [0.1, 0.15) is 31.5 Å². The van der Waals surface area contributed by atoms with Crippen LogP contribution < -0.4 is 0 Å². The number of hydrogen-bond acceptors (Lipinski definition) is 6. The predicted octanol–water partition coefficient (Wildman–Crippen LogP) is 2.09. The Labute approximate surface area is 109 Å². The lowest BCUT2D eigenvalue weighted by Crippen LogP contribution is -1.98. The lowest BCUT2D eigenvalue weighted by atomic mass is 10.2. The minimum absolute atomic E-state index is 0.224. The smallest absolute Gasteiger partial charge is 0.279 e. The molecule has 0 spiro atoms. The third-order valence-electron chi connectivity index (χ3n) is 2.59. The van der Waals surface area contributed by atoms with Crippen LogP contribution in [0.2, 0.25) is 0 Å². The van der Waals surface area contributed by atoms with E-state index in [2.05, 4.69) is 20.1 Å². The molecule has 3 aromatic heterocycles. The van der Waals surface area contributed by atoms with E-state index in [0.717, 1.165) is 0 Å². The van der Waals surface area contributed by atoms with Gasteiger partial charge in [0.1, 0.15) is 6.26 Å². The lowest BCUT2D eigenvalue weighted by molar-refractivity contribution is 0.419. The van der Waals surface area contributed by atoms with Gasteiger partial charge in [-0.25, -0.2) is 9.97 Å². The summed E-state index contributed by atoms with van der Waals surface area (Å²) in [7, 11) is 0. The minimum Gasteiger partial charge on any atom is -0.448 e. The van der Waals surface area contributed by atoms with E-state index < -0.39 is 0 Å². The van der Waals surface area contributed by atoms with Gasteiger partial charge in [-0.15, -0.1) is 0 Å². The summed E-state index contributed by atoms with van der Waals surface area (Å²) >= 11 is 0. The van der Waals surface area contributed by atoms with Crippen molar-refractivity contribution >= 4 is 0 Å². The van der Waals surface area contributed by atoms with Gasteiger partial charge in [-0.05, 0) is 0 Å². The lowest BCUT2D eigenvalue weighted by Gasteiger charge is -1.94. The zero-order valence-electron chi connectivity index (χ0n) is 10.6. The van der Waals surface area contributed by atoms with Crippen LogP contribution in [0.5, 0.6) is 0 Å². The third kappa shape index (κ3) is 2.40. The van der Waals surface area contributed by atoms with Gasteiger partial charge >= 0.3 is 0 Å². The van der Waals surface area contributed by atoms with Crippen molar-refractivity contribution in [1.82, 2.24) is 24.7 Å². The van der Waals surface area contributed by atoms with Crippen molar-refractivity contribution in [2.75, 3.05) is 0 Å². The summed E-state index contributed by atoms with van der Waals surface area (Å²) in [5.41, 5.74) is 0.563. The maximum absolute atomic E-state index is 5.34. The van der Waals surface area contributed by atoms with Crippen molar-refractivity contribution in [3.63, 3.8) is 0 Å². The van der Waals surface area contributed by atoms with E-state index in [1.807, 2.05) is 24.6 Å². The Morgan fingerprint density at radius 3 is 2.89 bits per heavy atom. The predicted molar refractivity (Wildman–Crippen MR) is 65.2 cm³/mol. The van der Waals surface area contributed by atoms with E-state index in [1.165, 1.54) is 6.26 Å². The Bertz CT molecular complexity index is 653. The highest BCUT2D eigenvalue weighted by molar-refractivity contribution is 5.43. The van der Waals surface area contributed by atoms with Crippen molar-refractivity contribution in [3.05, 3.63) is 36.7 Å². The number of oxazole rings is 1. The van der Waals surface area contributed by atoms with E-state index in [1.54, 1.807) is 12.5 Å². The Morgan fingerprint density at radius 2 is 2.21 bits per heavy atom. The van der Waals surface area contributed by atoms with E-state index in [4.69, 9.17) is 8.94 Å². The van der Waals surface area contributed by atoms with E-state index in [0.29, 0.717) is 29.8 Å². The molecule has 0 radical (unpaired) electrons. The summed E-state index contributed by atoms with van der Waals surface area (Å²) in [5, 5.41) is 3.91. The molecular formula is C12H13N5O2. The maximum atomic E-state index is 5.34. The van der Waals surface area contributed by atoms with Crippen LogP contribution in [0.4, 0.5) is 0 Å². The van der Waals surface area contributed by atoms with E-state index >= 15 is 0 Å². The average Bonchev–Trinajstić information content (AvgIpc) is 3.09. The zero-order chi connectivity index (χ0) is 13.2. The fourth-order valence-corrected chi connectivity index (χ4v) is 1.62. The molecule has 0 saturated carbocycles. The third-order valence-corrected chi connectivity index (χ3v) is 2.59. The van der Waals surface area contributed by atoms with Gasteiger partial charge in [-0.1, -0.05) is 19.0 Å². The van der Waals surface area contributed by atoms with Crippen molar-refractivity contribution in [2.45, 2.75) is 26.3 Å². The number of rotatable bonds is 4. The Balaban J connectivity index is 1.80. The molecular weight excluding hydrogens is 246 g/mol. The van der Waals surface area contributed by atoms with Crippen LogP contribution in [-0.2, 0) is 6.54 Å². The van der Waals surface area contributed by atoms with Crippen molar-refractivity contribution in [1.29, 1.82) is 0 Å². The highest BCUT2D eigenvalue weighted by Gasteiger charge is 2.15.